The van der Waals surface area contributed by atoms with Crippen LogP contribution in [0.2, 0.25) is 0 Å². The lowest BCUT2D eigenvalue weighted by molar-refractivity contribution is 0.0609. The van der Waals surface area contributed by atoms with Crippen molar-refractivity contribution < 1.29 is 37.3 Å². The van der Waals surface area contributed by atoms with E-state index in [0.29, 0.717) is 48.5 Å². The SMILES string of the molecule is CNC(=O)c1c(-c2ccc(F)cc2)c(=O)c(C(N)=O)c(-c2ccc(Oc3ccnc4cc(OC)c(OC)cc34)c(F)c2)n1CC1CCOCC1. The van der Waals surface area contributed by atoms with E-state index < -0.39 is 34.4 Å². The van der Waals surface area contributed by atoms with Gasteiger partial charge in [-0.15, -0.1) is 0 Å². The maximum absolute atomic E-state index is 16.1. The van der Waals surface area contributed by atoms with E-state index in [1.54, 1.807) is 22.8 Å². The summed E-state index contributed by atoms with van der Waals surface area (Å²) in [5.74, 6) is -2.12. The first-order valence-corrected chi connectivity index (χ1v) is 15.8. The van der Waals surface area contributed by atoms with E-state index in [0.717, 1.165) is 18.2 Å². The molecule has 0 aliphatic carbocycles. The summed E-state index contributed by atoms with van der Waals surface area (Å²) in [6.45, 7) is 1.13. The van der Waals surface area contributed by atoms with Gasteiger partial charge in [0, 0.05) is 50.0 Å². The number of ether oxygens (including phenoxy) is 4. The standard InChI is InChI=1S/C37H34F2N4O7/c1-41-37(46)34-31(21-4-7-23(38)8-5-21)35(44)32(36(40)45)33(43(34)19-20-11-14-49-15-12-20)22-6-9-28(25(39)16-22)50-27-10-13-42-26-18-30(48-3)29(47-2)17-24(26)27/h4-10,13,16-18,20H,11-12,14-15,19H2,1-3H3,(H2,40,45)(H,41,46). The molecule has 1 saturated heterocycles. The highest BCUT2D eigenvalue weighted by Gasteiger charge is 2.31. The van der Waals surface area contributed by atoms with Crippen molar-refractivity contribution in [3.63, 3.8) is 0 Å². The molecule has 5 aromatic rings. The van der Waals surface area contributed by atoms with E-state index in [2.05, 4.69) is 10.3 Å². The number of nitrogens with two attached hydrogens (primary N) is 1. The Bertz CT molecular complexity index is 2160. The Labute approximate surface area is 285 Å². The van der Waals surface area contributed by atoms with Crippen molar-refractivity contribution >= 4 is 22.7 Å². The number of fused-ring (bicyclic) bond motifs is 1. The molecule has 0 radical (unpaired) electrons. The van der Waals surface area contributed by atoms with E-state index >= 15 is 4.39 Å². The summed E-state index contributed by atoms with van der Waals surface area (Å²) in [7, 11) is 4.40. The Morgan fingerprint density at radius 3 is 2.26 bits per heavy atom. The number of methoxy groups -OCH3 is 2. The molecular weight excluding hydrogens is 650 g/mol. The van der Waals surface area contributed by atoms with Crippen LogP contribution in [0.5, 0.6) is 23.0 Å². The van der Waals surface area contributed by atoms with Crippen molar-refractivity contribution in [1.29, 1.82) is 0 Å². The summed E-state index contributed by atoms with van der Waals surface area (Å²) in [5, 5.41) is 3.11. The maximum atomic E-state index is 16.1. The Morgan fingerprint density at radius 1 is 0.940 bits per heavy atom. The van der Waals surface area contributed by atoms with Gasteiger partial charge in [0.1, 0.15) is 22.8 Å². The van der Waals surface area contributed by atoms with Crippen molar-refractivity contribution in [2.24, 2.45) is 11.7 Å². The van der Waals surface area contributed by atoms with Crippen LogP contribution in [-0.2, 0) is 11.3 Å². The fourth-order valence-corrected chi connectivity index (χ4v) is 6.25. The number of pyridine rings is 2. The number of amides is 2. The average Bonchev–Trinajstić information content (AvgIpc) is 3.12. The summed E-state index contributed by atoms with van der Waals surface area (Å²) < 4.78 is 53.9. The predicted octanol–water partition coefficient (Wildman–Crippen LogP) is 5.70. The molecule has 2 aromatic heterocycles. The minimum Gasteiger partial charge on any atom is -0.493 e. The molecule has 1 aliphatic heterocycles. The highest BCUT2D eigenvalue weighted by Crippen LogP contribution is 2.39. The van der Waals surface area contributed by atoms with E-state index in [1.807, 2.05) is 0 Å². The summed E-state index contributed by atoms with van der Waals surface area (Å²) in [6, 6.07) is 13.9. The van der Waals surface area contributed by atoms with Gasteiger partial charge in [-0.2, -0.15) is 0 Å². The molecule has 0 saturated carbocycles. The topological polar surface area (TPSA) is 144 Å². The van der Waals surface area contributed by atoms with Gasteiger partial charge in [-0.3, -0.25) is 19.4 Å². The van der Waals surface area contributed by atoms with E-state index in [9.17, 15) is 18.8 Å². The Hall–Kier alpha value is -5.82. The third-order valence-corrected chi connectivity index (χ3v) is 8.70. The molecule has 0 unspecified atom stereocenters. The molecule has 2 amide bonds. The van der Waals surface area contributed by atoms with Gasteiger partial charge in [0.15, 0.2) is 23.1 Å². The number of hydrogen-bond donors (Lipinski definition) is 2. The minimum absolute atomic E-state index is 0.0294. The molecule has 3 heterocycles. The molecule has 1 fully saturated rings. The molecular formula is C37H34F2N4O7. The third-order valence-electron chi connectivity index (χ3n) is 8.70. The van der Waals surface area contributed by atoms with Gasteiger partial charge in [0.25, 0.3) is 11.8 Å². The Kier molecular flexibility index (Phi) is 9.77. The van der Waals surface area contributed by atoms with Gasteiger partial charge in [-0.05, 0) is 66.8 Å². The average molecular weight is 685 g/mol. The number of carbonyl (C=O) groups is 2. The number of nitrogens with one attached hydrogen (secondary N) is 1. The number of carbonyl (C=O) groups excluding carboxylic acids is 2. The monoisotopic (exact) mass is 684 g/mol. The zero-order valence-corrected chi connectivity index (χ0v) is 27.5. The first-order chi connectivity index (χ1) is 24.1. The molecule has 3 aromatic carbocycles. The molecule has 258 valence electrons. The Morgan fingerprint density at radius 2 is 1.62 bits per heavy atom. The fraction of sp³-hybridized carbons (Fsp3) is 0.243. The lowest BCUT2D eigenvalue weighted by Crippen LogP contribution is -2.35. The second-order valence-electron chi connectivity index (χ2n) is 11.7. The second kappa shape index (κ2) is 14.3. The zero-order valence-electron chi connectivity index (χ0n) is 27.5. The van der Waals surface area contributed by atoms with Gasteiger partial charge in [0.2, 0.25) is 5.43 Å². The van der Waals surface area contributed by atoms with Crippen molar-refractivity contribution in [2.75, 3.05) is 34.5 Å². The first kappa shape index (κ1) is 34.1. The molecule has 1 aliphatic rings. The van der Waals surface area contributed by atoms with Crippen LogP contribution >= 0.6 is 0 Å². The molecule has 3 N–H and O–H groups in total. The van der Waals surface area contributed by atoms with Crippen LogP contribution in [0.25, 0.3) is 33.3 Å². The lowest BCUT2D eigenvalue weighted by atomic mass is 9.93. The van der Waals surface area contributed by atoms with E-state index in [4.69, 9.17) is 24.7 Å². The number of benzene rings is 3. The summed E-state index contributed by atoms with van der Waals surface area (Å²) in [6.07, 6.45) is 2.77. The number of nitrogens with zero attached hydrogens (tertiary/aromatic N) is 2. The molecule has 6 rings (SSSR count). The van der Waals surface area contributed by atoms with E-state index in [1.165, 1.54) is 51.7 Å². The van der Waals surface area contributed by atoms with Gasteiger partial charge in [-0.1, -0.05) is 12.1 Å². The van der Waals surface area contributed by atoms with Crippen molar-refractivity contribution in [3.8, 4) is 45.4 Å². The van der Waals surface area contributed by atoms with Crippen LogP contribution in [0.1, 0.15) is 33.7 Å². The number of hydrogen-bond acceptors (Lipinski definition) is 8. The molecule has 11 nitrogen and oxygen atoms in total. The maximum Gasteiger partial charge on any atom is 0.268 e. The molecule has 0 bridgehead atoms. The third kappa shape index (κ3) is 6.47. The normalized spacial score (nSPS) is 13.2. The number of halogens is 2. The number of aromatic nitrogens is 2. The Balaban J connectivity index is 1.55. The van der Waals surface area contributed by atoms with Gasteiger partial charge < -0.3 is 34.6 Å². The zero-order chi connectivity index (χ0) is 35.5. The first-order valence-electron chi connectivity index (χ1n) is 15.8. The highest BCUT2D eigenvalue weighted by atomic mass is 19.1. The largest absolute Gasteiger partial charge is 0.493 e. The van der Waals surface area contributed by atoms with Crippen LogP contribution in [0.15, 0.2) is 71.7 Å². The minimum atomic E-state index is -1.08. The number of rotatable bonds is 10. The number of primary amides is 1. The lowest BCUT2D eigenvalue weighted by Gasteiger charge is -2.29. The molecule has 0 spiro atoms. The second-order valence-corrected chi connectivity index (χ2v) is 11.7. The predicted molar refractivity (Wildman–Crippen MR) is 182 cm³/mol. The summed E-state index contributed by atoms with van der Waals surface area (Å²) >= 11 is 0. The quantitative estimate of drug-likeness (QED) is 0.191. The molecule has 0 atom stereocenters. The van der Waals surface area contributed by atoms with Crippen LogP contribution < -0.4 is 30.7 Å². The van der Waals surface area contributed by atoms with E-state index in [-0.39, 0.29) is 52.0 Å². The van der Waals surface area contributed by atoms with Crippen LogP contribution in [0, 0.1) is 17.6 Å². The smallest absolute Gasteiger partial charge is 0.268 e. The van der Waals surface area contributed by atoms with Gasteiger partial charge in [-0.25, -0.2) is 8.78 Å². The van der Waals surface area contributed by atoms with Crippen LogP contribution in [-0.4, -0.2) is 55.8 Å². The van der Waals surface area contributed by atoms with Gasteiger partial charge in [0.05, 0.1) is 31.0 Å². The van der Waals surface area contributed by atoms with Crippen molar-refractivity contribution in [2.45, 2.75) is 19.4 Å². The molecule has 50 heavy (non-hydrogen) atoms. The van der Waals surface area contributed by atoms with Gasteiger partial charge >= 0.3 is 0 Å². The summed E-state index contributed by atoms with van der Waals surface area (Å²) in [4.78, 5) is 45.4. The highest BCUT2D eigenvalue weighted by molar-refractivity contribution is 6.05. The van der Waals surface area contributed by atoms with Crippen molar-refractivity contribution in [1.82, 2.24) is 14.9 Å². The van der Waals surface area contributed by atoms with Crippen LogP contribution in [0.4, 0.5) is 8.78 Å². The fourth-order valence-electron chi connectivity index (χ4n) is 6.25. The molecule has 13 heteroatoms. The van der Waals surface area contributed by atoms with Crippen molar-refractivity contribution in [3.05, 3.63) is 100.0 Å². The summed E-state index contributed by atoms with van der Waals surface area (Å²) in [5.41, 5.74) is 5.16. The van der Waals surface area contributed by atoms with Crippen LogP contribution in [0.3, 0.4) is 0 Å².